The molecule has 0 rings (SSSR count). The summed E-state index contributed by atoms with van der Waals surface area (Å²) in [6.45, 7) is 0. The van der Waals surface area contributed by atoms with Gasteiger partial charge in [-0.15, -0.1) is 0 Å². The molecule has 0 spiro atoms. The van der Waals surface area contributed by atoms with Crippen molar-refractivity contribution in [2.24, 2.45) is 0 Å². The number of rotatable bonds is 0. The van der Waals surface area contributed by atoms with E-state index >= 15 is 0 Å². The van der Waals surface area contributed by atoms with Gasteiger partial charge in [0.1, 0.15) is 0 Å². The van der Waals surface area contributed by atoms with Gasteiger partial charge >= 0.3 is 0 Å². The zero-order valence-electron chi connectivity index (χ0n) is 2.56. The summed E-state index contributed by atoms with van der Waals surface area (Å²) in [4.78, 5) is 0. The molecule has 0 amide bonds. The van der Waals surface area contributed by atoms with Gasteiger partial charge in [0.2, 0.25) is 0 Å². The minimum Gasteiger partial charge on any atom is -1.00 e. The number of hydrogen-bond acceptors (Lipinski definition) is 3. The summed E-state index contributed by atoms with van der Waals surface area (Å²) in [5.41, 5.74) is 0. The molecule has 0 unspecified atom stereocenters. The first-order valence-electron chi connectivity index (χ1n) is 0.707. The molecule has 0 aromatic carbocycles. The molecule has 0 bridgehead atoms. The van der Waals surface area contributed by atoms with Crippen molar-refractivity contribution in [3.05, 3.63) is 0 Å². The Kier molecular flexibility index (Phi) is 24.4. The van der Waals surface area contributed by atoms with Crippen LogP contribution >= 0.6 is 0 Å². The predicted octanol–water partition coefficient (Wildman–Crippen LogP) is -6.95. The second-order valence-corrected chi connectivity index (χ2v) is 0.289. The number of halogens is 1. The fourth-order valence-electron chi connectivity index (χ4n) is 0. The second kappa shape index (κ2) is 9.23. The van der Waals surface area contributed by atoms with Crippen LogP contribution in [0.5, 0.6) is 0 Å². The van der Waals surface area contributed by atoms with Gasteiger partial charge in [0.25, 0.3) is 0 Å². The maximum absolute atomic E-state index is 8.42. The van der Waals surface area contributed by atoms with E-state index in [0.717, 1.165) is 0 Å². The van der Waals surface area contributed by atoms with E-state index in [4.69, 9.17) is 15.1 Å². The average Bonchev–Trinajstić information content (AvgIpc) is 0.811. The first-order valence-corrected chi connectivity index (χ1v) is 0.707. The predicted molar refractivity (Wildman–Crippen MR) is 5.75 cm³/mol. The van der Waals surface area contributed by atoms with Crippen molar-refractivity contribution >= 4 is 7.32 Å². The Morgan fingerprint density at radius 2 is 1.00 bits per heavy atom. The molecule has 1 radical (unpaired) electrons. The second-order valence-electron chi connectivity index (χ2n) is 0.289. The molecular weight excluding hydrogens is 149 g/mol. The standard InChI is InChI=1S/BO3.ClH.Mn/c2-1(3)4;;/h;1H;/q-3;;/p-1. The summed E-state index contributed by atoms with van der Waals surface area (Å²) in [5.74, 6) is 0. The van der Waals surface area contributed by atoms with Crippen molar-refractivity contribution < 1.29 is 44.5 Å². The molecular formula is BClMnO3-4. The van der Waals surface area contributed by atoms with Crippen LogP contribution in [0.15, 0.2) is 0 Å². The molecule has 0 aliphatic rings. The van der Waals surface area contributed by atoms with Gasteiger partial charge in [0.05, 0.1) is 0 Å². The van der Waals surface area contributed by atoms with E-state index in [0.29, 0.717) is 0 Å². The Hall–Kier alpha value is 0.754. The Morgan fingerprint density at radius 1 is 1.00 bits per heavy atom. The summed E-state index contributed by atoms with van der Waals surface area (Å²) in [5, 5.41) is 25.2. The Balaban J connectivity index is -0.0000000450. The van der Waals surface area contributed by atoms with E-state index in [-0.39, 0.29) is 29.5 Å². The van der Waals surface area contributed by atoms with Crippen molar-refractivity contribution in [2.45, 2.75) is 0 Å². The van der Waals surface area contributed by atoms with E-state index in [1.54, 1.807) is 0 Å². The maximum Gasteiger partial charge on any atom is 0 e. The van der Waals surface area contributed by atoms with Crippen LogP contribution in [0.4, 0.5) is 0 Å². The zero-order valence-corrected chi connectivity index (χ0v) is 4.49. The number of hydrogen-bond donors (Lipinski definition) is 0. The molecule has 0 aliphatic carbocycles. The summed E-state index contributed by atoms with van der Waals surface area (Å²) in [7, 11) is -2.92. The molecule has 0 saturated heterocycles. The largest absolute Gasteiger partial charge is 1.00 e. The van der Waals surface area contributed by atoms with Gasteiger partial charge in [-0.2, -0.15) is 0 Å². The Morgan fingerprint density at radius 3 is 1.00 bits per heavy atom. The van der Waals surface area contributed by atoms with Crippen LogP contribution < -0.4 is 27.5 Å². The van der Waals surface area contributed by atoms with Gasteiger partial charge in [-0.05, 0) is 0 Å². The molecule has 0 aromatic heterocycles. The summed E-state index contributed by atoms with van der Waals surface area (Å²) < 4.78 is 0. The Bertz CT molecular complexity index is 15.5. The van der Waals surface area contributed by atoms with Crippen molar-refractivity contribution in [2.75, 3.05) is 0 Å². The van der Waals surface area contributed by atoms with Gasteiger partial charge in [-0.1, -0.05) is 0 Å². The molecule has 6 heteroatoms. The SMILES string of the molecule is [Cl-].[Mn].[O-]B([O-])[O-]. The molecule has 0 heterocycles. The molecule has 0 saturated carbocycles. The van der Waals surface area contributed by atoms with Gasteiger partial charge < -0.3 is 27.5 Å². The van der Waals surface area contributed by atoms with Gasteiger partial charge in [0, 0.05) is 17.1 Å². The smallest absolute Gasteiger partial charge is 0 e. The minimum absolute atomic E-state index is 0. The van der Waals surface area contributed by atoms with E-state index < -0.39 is 7.32 Å². The third-order valence-electron chi connectivity index (χ3n) is 0. The van der Waals surface area contributed by atoms with Crippen molar-refractivity contribution in [1.29, 1.82) is 0 Å². The summed E-state index contributed by atoms with van der Waals surface area (Å²) >= 11 is 0. The topological polar surface area (TPSA) is 69.2 Å². The van der Waals surface area contributed by atoms with E-state index in [2.05, 4.69) is 0 Å². The molecule has 39 valence electrons. The van der Waals surface area contributed by atoms with E-state index in [1.807, 2.05) is 0 Å². The van der Waals surface area contributed by atoms with Crippen LogP contribution in [-0.2, 0) is 17.1 Å². The summed E-state index contributed by atoms with van der Waals surface area (Å²) in [6, 6.07) is 0. The van der Waals surface area contributed by atoms with Crippen molar-refractivity contribution in [3.63, 3.8) is 0 Å². The Labute approximate surface area is 52.4 Å². The first kappa shape index (κ1) is 15.9. The van der Waals surface area contributed by atoms with Crippen LogP contribution in [0.1, 0.15) is 0 Å². The third kappa shape index (κ3) is 118. The van der Waals surface area contributed by atoms with Crippen molar-refractivity contribution in [1.82, 2.24) is 0 Å². The van der Waals surface area contributed by atoms with Crippen LogP contribution in [-0.4, -0.2) is 7.32 Å². The minimum atomic E-state index is -2.92. The first-order chi connectivity index (χ1) is 1.73. The maximum atomic E-state index is 8.42. The monoisotopic (exact) mass is 149 g/mol. The van der Waals surface area contributed by atoms with Gasteiger partial charge in [0.15, 0.2) is 0 Å². The van der Waals surface area contributed by atoms with Crippen LogP contribution in [0.3, 0.4) is 0 Å². The molecule has 0 aliphatic heterocycles. The fourth-order valence-corrected chi connectivity index (χ4v) is 0. The molecule has 0 aromatic rings. The average molecular weight is 149 g/mol. The van der Waals surface area contributed by atoms with Crippen LogP contribution in [0, 0.1) is 0 Å². The molecule has 0 fully saturated rings. The quantitative estimate of drug-likeness (QED) is 0.321. The molecule has 6 heavy (non-hydrogen) atoms. The van der Waals surface area contributed by atoms with E-state index in [9.17, 15) is 0 Å². The zero-order chi connectivity index (χ0) is 3.58. The normalized spacial score (nSPS) is 4.50. The van der Waals surface area contributed by atoms with Gasteiger partial charge in [-0.25, -0.2) is 0 Å². The molecule has 0 N–H and O–H groups in total. The van der Waals surface area contributed by atoms with Crippen LogP contribution in [0.25, 0.3) is 0 Å². The van der Waals surface area contributed by atoms with Crippen molar-refractivity contribution in [3.8, 4) is 0 Å². The van der Waals surface area contributed by atoms with Crippen LogP contribution in [0.2, 0.25) is 0 Å². The molecule has 0 atom stereocenters. The van der Waals surface area contributed by atoms with Gasteiger partial charge in [-0.3, -0.25) is 7.32 Å². The summed E-state index contributed by atoms with van der Waals surface area (Å²) in [6.07, 6.45) is 0. The van der Waals surface area contributed by atoms with E-state index in [1.165, 1.54) is 0 Å². The third-order valence-corrected chi connectivity index (χ3v) is 0. The molecule has 3 nitrogen and oxygen atoms in total. The fraction of sp³-hybridized carbons (Fsp3) is 0.